The van der Waals surface area contributed by atoms with Crippen LogP contribution in [0.1, 0.15) is 20.8 Å². The Morgan fingerprint density at radius 1 is 1.13 bits per heavy atom. The zero-order valence-electron chi connectivity index (χ0n) is 9.75. The van der Waals surface area contributed by atoms with Crippen molar-refractivity contribution in [1.29, 1.82) is 0 Å². The highest BCUT2D eigenvalue weighted by atomic mass is 28.2. The standard InChI is InChI=1S/C10H20O4Si/c1-4-12-9(11)7-15-8-10(13-5-2)14-6-3/h10H,4-8H2,1-3H3. The topological polar surface area (TPSA) is 44.8 Å². The van der Waals surface area contributed by atoms with Crippen molar-refractivity contribution in [2.45, 2.75) is 39.1 Å². The van der Waals surface area contributed by atoms with Crippen molar-refractivity contribution in [3.63, 3.8) is 0 Å². The first-order valence-corrected chi connectivity index (χ1v) is 6.75. The number of ether oxygens (including phenoxy) is 3. The Bertz CT molecular complexity index is 158. The molecule has 0 atom stereocenters. The van der Waals surface area contributed by atoms with E-state index in [1.54, 1.807) is 0 Å². The number of esters is 1. The second kappa shape index (κ2) is 10.1. The smallest absolute Gasteiger partial charge is 0.302 e. The second-order valence-corrected chi connectivity index (χ2v) is 4.04. The van der Waals surface area contributed by atoms with Crippen LogP contribution in [0, 0.1) is 0 Å². The van der Waals surface area contributed by atoms with Gasteiger partial charge in [-0.05, 0) is 26.8 Å². The molecular formula is C10H20O4Si. The third-order valence-corrected chi connectivity index (χ3v) is 2.75. The third kappa shape index (κ3) is 8.59. The number of carbonyl (C=O) groups excluding carboxylic acids is 1. The molecule has 4 nitrogen and oxygen atoms in total. The van der Waals surface area contributed by atoms with Crippen LogP contribution in [0.15, 0.2) is 0 Å². The number of carbonyl (C=O) groups is 1. The molecule has 0 saturated heterocycles. The summed E-state index contributed by atoms with van der Waals surface area (Å²) >= 11 is 0. The van der Waals surface area contributed by atoms with E-state index >= 15 is 0 Å². The average Bonchev–Trinajstić information content (AvgIpc) is 2.19. The lowest BCUT2D eigenvalue weighted by atomic mass is 10.7. The molecule has 0 aliphatic carbocycles. The molecule has 15 heavy (non-hydrogen) atoms. The first-order valence-electron chi connectivity index (χ1n) is 5.34. The van der Waals surface area contributed by atoms with E-state index < -0.39 is 0 Å². The Morgan fingerprint density at radius 3 is 2.20 bits per heavy atom. The van der Waals surface area contributed by atoms with Crippen molar-refractivity contribution in [3.8, 4) is 0 Å². The molecule has 0 aromatic rings. The maximum Gasteiger partial charge on any atom is 0.302 e. The second-order valence-electron chi connectivity index (χ2n) is 2.78. The van der Waals surface area contributed by atoms with E-state index in [2.05, 4.69) is 0 Å². The van der Waals surface area contributed by atoms with Crippen molar-refractivity contribution in [3.05, 3.63) is 0 Å². The first kappa shape index (κ1) is 14.6. The molecule has 0 unspecified atom stereocenters. The van der Waals surface area contributed by atoms with E-state index in [-0.39, 0.29) is 12.3 Å². The lowest BCUT2D eigenvalue weighted by Crippen LogP contribution is -2.20. The molecule has 0 spiro atoms. The van der Waals surface area contributed by atoms with Crippen LogP contribution in [-0.2, 0) is 19.0 Å². The van der Waals surface area contributed by atoms with Crippen molar-refractivity contribution in [2.24, 2.45) is 0 Å². The lowest BCUT2D eigenvalue weighted by molar-refractivity contribution is -0.140. The van der Waals surface area contributed by atoms with E-state index in [1.165, 1.54) is 0 Å². The fourth-order valence-corrected chi connectivity index (χ4v) is 1.96. The summed E-state index contributed by atoms with van der Waals surface area (Å²) in [5.74, 6) is -0.136. The molecule has 0 aliphatic heterocycles. The molecule has 88 valence electrons. The molecule has 0 aromatic heterocycles. The normalized spacial score (nSPS) is 10.7. The molecule has 0 heterocycles. The summed E-state index contributed by atoms with van der Waals surface area (Å²) in [5, 5.41) is 0. The fraction of sp³-hybridized carbons (Fsp3) is 0.900. The summed E-state index contributed by atoms with van der Waals surface area (Å²) in [6.45, 7) is 7.39. The maximum absolute atomic E-state index is 11.0. The molecule has 0 rings (SSSR count). The highest BCUT2D eigenvalue weighted by molar-refractivity contribution is 6.40. The van der Waals surface area contributed by atoms with Gasteiger partial charge in [0, 0.05) is 19.3 Å². The SMILES string of the molecule is CCOC(=O)C[Si]CC(OCC)OCC. The minimum Gasteiger partial charge on any atom is -0.466 e. The Kier molecular flexibility index (Phi) is 9.87. The van der Waals surface area contributed by atoms with Crippen molar-refractivity contribution in [2.75, 3.05) is 19.8 Å². The molecule has 0 fully saturated rings. The van der Waals surface area contributed by atoms with E-state index in [4.69, 9.17) is 14.2 Å². The zero-order chi connectivity index (χ0) is 11.5. The van der Waals surface area contributed by atoms with Crippen LogP contribution in [0.25, 0.3) is 0 Å². The predicted octanol–water partition coefficient (Wildman–Crippen LogP) is 1.49. The van der Waals surface area contributed by atoms with Crippen LogP contribution < -0.4 is 0 Å². The predicted molar refractivity (Wildman–Crippen MR) is 59.0 cm³/mol. The van der Waals surface area contributed by atoms with Gasteiger partial charge in [-0.15, -0.1) is 0 Å². The largest absolute Gasteiger partial charge is 0.466 e. The summed E-state index contributed by atoms with van der Waals surface area (Å²) in [5.41, 5.74) is 0. The van der Waals surface area contributed by atoms with Gasteiger partial charge in [0.05, 0.1) is 16.1 Å². The zero-order valence-corrected chi connectivity index (χ0v) is 10.7. The van der Waals surface area contributed by atoms with Crippen LogP contribution in [0.4, 0.5) is 0 Å². The Morgan fingerprint density at radius 2 is 1.73 bits per heavy atom. The molecule has 0 amide bonds. The molecule has 0 bridgehead atoms. The summed E-state index contributed by atoms with van der Waals surface area (Å²) in [7, 11) is 0.498. The van der Waals surface area contributed by atoms with Gasteiger partial charge in [0.2, 0.25) is 0 Å². The highest BCUT2D eigenvalue weighted by Crippen LogP contribution is 2.03. The van der Waals surface area contributed by atoms with Gasteiger partial charge in [-0.25, -0.2) is 0 Å². The van der Waals surface area contributed by atoms with Gasteiger partial charge in [-0.3, -0.25) is 4.79 Å². The van der Waals surface area contributed by atoms with Crippen LogP contribution in [0.2, 0.25) is 12.1 Å². The van der Waals surface area contributed by atoms with E-state index in [0.29, 0.717) is 35.4 Å². The van der Waals surface area contributed by atoms with Crippen LogP contribution in [0.5, 0.6) is 0 Å². The van der Waals surface area contributed by atoms with Gasteiger partial charge in [-0.2, -0.15) is 0 Å². The molecule has 0 saturated carbocycles. The van der Waals surface area contributed by atoms with Crippen molar-refractivity contribution in [1.82, 2.24) is 0 Å². The van der Waals surface area contributed by atoms with Crippen LogP contribution >= 0.6 is 0 Å². The molecule has 5 heteroatoms. The summed E-state index contributed by atoms with van der Waals surface area (Å²) in [6.07, 6.45) is -0.173. The monoisotopic (exact) mass is 232 g/mol. The third-order valence-electron chi connectivity index (χ3n) is 1.59. The Balaban J connectivity index is 3.55. The highest BCUT2D eigenvalue weighted by Gasteiger charge is 2.10. The molecule has 0 aromatic carbocycles. The number of rotatable bonds is 9. The van der Waals surface area contributed by atoms with Crippen LogP contribution in [0.3, 0.4) is 0 Å². The maximum atomic E-state index is 11.0. The van der Waals surface area contributed by atoms with Gasteiger partial charge >= 0.3 is 5.97 Å². The Hall–Kier alpha value is -0.393. The first-order chi connectivity index (χ1) is 7.24. The van der Waals surface area contributed by atoms with Gasteiger partial charge in [0.1, 0.15) is 0 Å². The van der Waals surface area contributed by atoms with E-state index in [9.17, 15) is 4.79 Å². The molecule has 2 radical (unpaired) electrons. The number of hydrogen-bond donors (Lipinski definition) is 0. The fourth-order valence-electron chi connectivity index (χ4n) is 1.04. The van der Waals surface area contributed by atoms with Gasteiger partial charge < -0.3 is 14.2 Å². The summed E-state index contributed by atoms with van der Waals surface area (Å²) < 4.78 is 15.5. The summed E-state index contributed by atoms with van der Waals surface area (Å²) in [6, 6.07) is 1.23. The van der Waals surface area contributed by atoms with Crippen molar-refractivity contribution < 1.29 is 19.0 Å². The van der Waals surface area contributed by atoms with E-state index in [0.717, 1.165) is 6.04 Å². The van der Waals surface area contributed by atoms with Crippen LogP contribution in [-0.4, -0.2) is 41.6 Å². The van der Waals surface area contributed by atoms with E-state index in [1.807, 2.05) is 20.8 Å². The van der Waals surface area contributed by atoms with Gasteiger partial charge in [0.25, 0.3) is 0 Å². The average molecular weight is 232 g/mol. The van der Waals surface area contributed by atoms with Gasteiger partial charge in [0.15, 0.2) is 6.29 Å². The number of hydrogen-bond acceptors (Lipinski definition) is 4. The van der Waals surface area contributed by atoms with Gasteiger partial charge in [-0.1, -0.05) is 0 Å². The molecule has 0 aliphatic rings. The lowest BCUT2D eigenvalue weighted by Gasteiger charge is -2.15. The minimum atomic E-state index is -0.173. The molecular weight excluding hydrogens is 212 g/mol. The minimum absolute atomic E-state index is 0.136. The van der Waals surface area contributed by atoms with Crippen molar-refractivity contribution >= 4 is 15.5 Å². The summed E-state index contributed by atoms with van der Waals surface area (Å²) in [4.78, 5) is 11.0. The quantitative estimate of drug-likeness (QED) is 0.343. The molecule has 0 N–H and O–H groups in total. The Labute approximate surface area is 94.1 Å².